The Kier molecular flexibility index (Phi) is 4.47. The Morgan fingerprint density at radius 2 is 1.64 bits per heavy atom. The highest BCUT2D eigenvalue weighted by Crippen LogP contribution is 2.32. The van der Waals surface area contributed by atoms with E-state index in [0.29, 0.717) is 11.4 Å². The van der Waals surface area contributed by atoms with E-state index in [9.17, 15) is 8.42 Å². The van der Waals surface area contributed by atoms with E-state index >= 15 is 0 Å². The maximum Gasteiger partial charge on any atom is 0.262 e. The van der Waals surface area contributed by atoms with Gasteiger partial charge in [-0.25, -0.2) is 8.42 Å². The summed E-state index contributed by atoms with van der Waals surface area (Å²) in [6, 6.07) is 13.8. The number of anilines is 1. The van der Waals surface area contributed by atoms with Gasteiger partial charge >= 0.3 is 0 Å². The number of ether oxygens (including phenoxy) is 1. The van der Waals surface area contributed by atoms with Crippen molar-refractivity contribution in [2.24, 2.45) is 0 Å². The van der Waals surface area contributed by atoms with Crippen molar-refractivity contribution in [3.8, 4) is 5.75 Å². The molecule has 2 aromatic rings. The van der Waals surface area contributed by atoms with Crippen molar-refractivity contribution < 1.29 is 13.2 Å². The Morgan fingerprint density at radius 3 is 2.18 bits per heavy atom. The maximum absolute atomic E-state index is 12.5. The van der Waals surface area contributed by atoms with Crippen LogP contribution >= 0.6 is 0 Å². The normalized spacial score (nSPS) is 12.0. The molecule has 22 heavy (non-hydrogen) atoms. The van der Waals surface area contributed by atoms with Crippen LogP contribution in [0.4, 0.5) is 5.69 Å². The largest absolute Gasteiger partial charge is 0.495 e. The van der Waals surface area contributed by atoms with Gasteiger partial charge in [0.25, 0.3) is 10.0 Å². The zero-order valence-corrected chi connectivity index (χ0v) is 14.1. The lowest BCUT2D eigenvalue weighted by Gasteiger charge is -2.21. The summed E-state index contributed by atoms with van der Waals surface area (Å²) in [5.41, 5.74) is 1.39. The van der Waals surface area contributed by atoms with Crippen molar-refractivity contribution in [1.29, 1.82) is 0 Å². The van der Waals surface area contributed by atoms with Gasteiger partial charge in [0, 0.05) is 0 Å². The lowest BCUT2D eigenvalue weighted by molar-refractivity contribution is 0.416. The van der Waals surface area contributed by atoms with Crippen LogP contribution in [0.5, 0.6) is 5.75 Å². The standard InChI is InChI=1S/C17H21NO3S/c1-17(2,3)13-10-11-16(21-4)15(12-13)18-22(19,20)14-8-6-5-7-9-14/h5-12,18H,1-4H3. The Morgan fingerprint density at radius 1 is 1.00 bits per heavy atom. The molecule has 0 saturated carbocycles. The van der Waals surface area contributed by atoms with Crippen LogP contribution in [0.1, 0.15) is 26.3 Å². The minimum absolute atomic E-state index is 0.0841. The third-order valence-electron chi connectivity index (χ3n) is 3.36. The van der Waals surface area contributed by atoms with E-state index < -0.39 is 10.0 Å². The van der Waals surface area contributed by atoms with E-state index in [0.717, 1.165) is 5.56 Å². The van der Waals surface area contributed by atoms with Gasteiger partial charge in [-0.1, -0.05) is 45.0 Å². The Hall–Kier alpha value is -2.01. The Labute approximate surface area is 132 Å². The van der Waals surface area contributed by atoms with Gasteiger partial charge in [-0.15, -0.1) is 0 Å². The molecular formula is C17H21NO3S. The van der Waals surface area contributed by atoms with Crippen LogP contribution in [0.2, 0.25) is 0 Å². The summed E-state index contributed by atoms with van der Waals surface area (Å²) < 4.78 is 32.8. The molecule has 0 heterocycles. The monoisotopic (exact) mass is 319 g/mol. The molecule has 0 radical (unpaired) electrons. The summed E-state index contributed by atoms with van der Waals surface area (Å²) >= 11 is 0. The van der Waals surface area contributed by atoms with E-state index in [2.05, 4.69) is 25.5 Å². The Bertz CT molecular complexity index is 747. The number of hydrogen-bond acceptors (Lipinski definition) is 3. The van der Waals surface area contributed by atoms with Crippen molar-refractivity contribution in [3.05, 3.63) is 54.1 Å². The molecule has 0 aromatic heterocycles. The number of hydrogen-bond donors (Lipinski definition) is 1. The fourth-order valence-electron chi connectivity index (χ4n) is 2.06. The van der Waals surface area contributed by atoms with Crippen LogP contribution < -0.4 is 9.46 Å². The van der Waals surface area contributed by atoms with Crippen molar-refractivity contribution in [2.45, 2.75) is 31.1 Å². The van der Waals surface area contributed by atoms with Crippen LogP contribution in [-0.2, 0) is 15.4 Å². The molecule has 0 bridgehead atoms. The molecule has 4 nitrogen and oxygen atoms in total. The molecule has 0 spiro atoms. The first kappa shape index (κ1) is 16.4. The smallest absolute Gasteiger partial charge is 0.262 e. The molecular weight excluding hydrogens is 298 g/mol. The first-order valence-corrected chi connectivity index (χ1v) is 8.49. The molecule has 2 aromatic carbocycles. The molecule has 0 aliphatic rings. The fourth-order valence-corrected chi connectivity index (χ4v) is 3.14. The van der Waals surface area contributed by atoms with E-state index in [4.69, 9.17) is 4.74 Å². The van der Waals surface area contributed by atoms with Crippen molar-refractivity contribution in [2.75, 3.05) is 11.8 Å². The highest BCUT2D eigenvalue weighted by Gasteiger charge is 2.20. The van der Waals surface area contributed by atoms with Gasteiger partial charge in [-0.2, -0.15) is 0 Å². The summed E-state index contributed by atoms with van der Waals surface area (Å²) in [7, 11) is -2.12. The molecule has 2 rings (SSSR count). The number of rotatable bonds is 4. The number of sulfonamides is 1. The summed E-state index contributed by atoms with van der Waals surface area (Å²) in [5.74, 6) is 0.493. The van der Waals surface area contributed by atoms with Gasteiger partial charge in [-0.05, 0) is 35.2 Å². The molecule has 0 atom stereocenters. The fraction of sp³-hybridized carbons (Fsp3) is 0.294. The van der Waals surface area contributed by atoms with Gasteiger partial charge in [0.05, 0.1) is 17.7 Å². The molecule has 0 amide bonds. The zero-order valence-electron chi connectivity index (χ0n) is 13.3. The highest BCUT2D eigenvalue weighted by atomic mass is 32.2. The predicted octanol–water partition coefficient (Wildman–Crippen LogP) is 3.79. The average molecular weight is 319 g/mol. The highest BCUT2D eigenvalue weighted by molar-refractivity contribution is 7.92. The lowest BCUT2D eigenvalue weighted by atomic mass is 9.87. The quantitative estimate of drug-likeness (QED) is 0.932. The molecule has 0 aliphatic heterocycles. The summed E-state index contributed by atoms with van der Waals surface area (Å²) in [6.45, 7) is 6.22. The molecule has 0 unspecified atom stereocenters. The van der Waals surface area contributed by atoms with Gasteiger partial charge in [0.15, 0.2) is 0 Å². The van der Waals surface area contributed by atoms with Gasteiger partial charge in [0.1, 0.15) is 5.75 Å². The average Bonchev–Trinajstić information content (AvgIpc) is 2.47. The second kappa shape index (κ2) is 6.01. The predicted molar refractivity (Wildman–Crippen MR) is 88.9 cm³/mol. The van der Waals surface area contributed by atoms with E-state index in [-0.39, 0.29) is 10.3 Å². The van der Waals surface area contributed by atoms with Crippen LogP contribution in [0.3, 0.4) is 0 Å². The molecule has 118 valence electrons. The van der Waals surface area contributed by atoms with Crippen LogP contribution in [-0.4, -0.2) is 15.5 Å². The minimum atomic E-state index is -3.64. The van der Waals surface area contributed by atoms with Crippen molar-refractivity contribution in [3.63, 3.8) is 0 Å². The van der Waals surface area contributed by atoms with Crippen molar-refractivity contribution >= 4 is 15.7 Å². The molecule has 1 N–H and O–H groups in total. The second-order valence-corrected chi connectivity index (χ2v) is 7.77. The summed E-state index contributed by atoms with van der Waals surface area (Å²) in [5, 5.41) is 0. The lowest BCUT2D eigenvalue weighted by Crippen LogP contribution is -2.16. The van der Waals surface area contributed by atoms with Gasteiger partial charge in [-0.3, -0.25) is 4.72 Å². The maximum atomic E-state index is 12.5. The Balaban J connectivity index is 2.44. The van der Waals surface area contributed by atoms with Crippen LogP contribution in [0.15, 0.2) is 53.4 Å². The number of methoxy groups -OCH3 is 1. The molecule has 0 aliphatic carbocycles. The number of nitrogens with one attached hydrogen (secondary N) is 1. The SMILES string of the molecule is COc1ccc(C(C)(C)C)cc1NS(=O)(=O)c1ccccc1. The van der Waals surface area contributed by atoms with E-state index in [1.807, 2.05) is 12.1 Å². The minimum Gasteiger partial charge on any atom is -0.495 e. The van der Waals surface area contributed by atoms with Crippen LogP contribution in [0.25, 0.3) is 0 Å². The number of benzene rings is 2. The summed E-state index contributed by atoms with van der Waals surface area (Å²) in [4.78, 5) is 0.221. The molecule has 5 heteroatoms. The van der Waals surface area contributed by atoms with E-state index in [1.54, 1.807) is 36.4 Å². The third-order valence-corrected chi connectivity index (χ3v) is 4.74. The molecule has 0 saturated heterocycles. The van der Waals surface area contributed by atoms with Gasteiger partial charge in [0.2, 0.25) is 0 Å². The first-order chi connectivity index (χ1) is 10.2. The third kappa shape index (κ3) is 3.60. The van der Waals surface area contributed by atoms with Crippen LogP contribution in [0, 0.1) is 0 Å². The van der Waals surface area contributed by atoms with E-state index in [1.165, 1.54) is 7.11 Å². The summed E-state index contributed by atoms with van der Waals surface area (Å²) in [6.07, 6.45) is 0. The zero-order chi connectivity index (χ0) is 16.4. The van der Waals surface area contributed by atoms with Crippen molar-refractivity contribution in [1.82, 2.24) is 0 Å². The first-order valence-electron chi connectivity index (χ1n) is 7.00. The van der Waals surface area contributed by atoms with Gasteiger partial charge < -0.3 is 4.74 Å². The second-order valence-electron chi connectivity index (χ2n) is 6.08. The molecule has 0 fully saturated rings. The topological polar surface area (TPSA) is 55.4 Å².